The molecular weight excluding hydrogens is 332 g/mol. The van der Waals surface area contributed by atoms with E-state index in [-0.39, 0.29) is 29.4 Å². The molecule has 3 rings (SSSR count). The number of fused-ring (bicyclic) bond motifs is 1. The number of aliphatic hydroxyl groups is 1. The first kappa shape index (κ1) is 16.7. The molecule has 0 saturated carbocycles. The SMILES string of the molecule is C=CCN1C(=O)c2ccccc2C1(O)C(F)(F)Sc1ccccc1. The van der Waals surface area contributed by atoms with Gasteiger partial charge in [0.05, 0.1) is 0 Å². The number of thioether (sulfide) groups is 1. The fourth-order valence-corrected chi connectivity index (χ4v) is 3.73. The molecule has 0 aromatic heterocycles. The van der Waals surface area contributed by atoms with E-state index >= 15 is 8.78 Å². The summed E-state index contributed by atoms with van der Waals surface area (Å²) in [6, 6.07) is 14.0. The van der Waals surface area contributed by atoms with Crippen LogP contribution in [0, 0.1) is 0 Å². The number of amides is 1. The van der Waals surface area contributed by atoms with Crippen LogP contribution in [-0.2, 0) is 5.72 Å². The lowest BCUT2D eigenvalue weighted by molar-refractivity contribution is -0.195. The van der Waals surface area contributed by atoms with E-state index < -0.39 is 16.9 Å². The van der Waals surface area contributed by atoms with Gasteiger partial charge in [0.25, 0.3) is 5.91 Å². The van der Waals surface area contributed by atoms with E-state index in [0.717, 1.165) is 4.90 Å². The van der Waals surface area contributed by atoms with Gasteiger partial charge >= 0.3 is 5.25 Å². The van der Waals surface area contributed by atoms with Gasteiger partial charge < -0.3 is 5.11 Å². The van der Waals surface area contributed by atoms with E-state index in [1.807, 2.05) is 0 Å². The first-order valence-corrected chi connectivity index (χ1v) is 8.10. The minimum Gasteiger partial charge on any atom is -0.361 e. The van der Waals surface area contributed by atoms with Crippen LogP contribution in [0.25, 0.3) is 0 Å². The highest BCUT2D eigenvalue weighted by atomic mass is 32.2. The minimum absolute atomic E-state index is 0.0789. The predicted octanol–water partition coefficient (Wildman–Crippen LogP) is 3.86. The van der Waals surface area contributed by atoms with E-state index in [2.05, 4.69) is 6.58 Å². The normalized spacial score (nSPS) is 20.1. The number of carbonyl (C=O) groups is 1. The zero-order valence-electron chi connectivity index (χ0n) is 12.7. The molecule has 0 aliphatic carbocycles. The lowest BCUT2D eigenvalue weighted by atomic mass is 10.0. The van der Waals surface area contributed by atoms with Gasteiger partial charge in [-0.3, -0.25) is 9.69 Å². The number of benzene rings is 2. The molecule has 1 unspecified atom stereocenters. The molecule has 6 heteroatoms. The van der Waals surface area contributed by atoms with Crippen LogP contribution in [0.5, 0.6) is 0 Å². The number of carbonyl (C=O) groups excluding carboxylic acids is 1. The van der Waals surface area contributed by atoms with Crippen molar-refractivity contribution in [1.29, 1.82) is 0 Å². The number of hydrogen-bond donors (Lipinski definition) is 1. The third-order valence-corrected chi connectivity index (χ3v) is 4.92. The van der Waals surface area contributed by atoms with E-state index in [9.17, 15) is 9.90 Å². The summed E-state index contributed by atoms with van der Waals surface area (Å²) in [7, 11) is 0. The Kier molecular flexibility index (Phi) is 4.19. The summed E-state index contributed by atoms with van der Waals surface area (Å²) in [4.78, 5) is 13.5. The third-order valence-electron chi connectivity index (χ3n) is 3.88. The summed E-state index contributed by atoms with van der Waals surface area (Å²) in [6.45, 7) is 3.31. The molecule has 3 nitrogen and oxygen atoms in total. The minimum atomic E-state index is -3.65. The summed E-state index contributed by atoms with van der Waals surface area (Å²) in [5, 5.41) is 7.33. The van der Waals surface area contributed by atoms with Gasteiger partial charge in [-0.15, -0.1) is 6.58 Å². The van der Waals surface area contributed by atoms with Crippen LogP contribution >= 0.6 is 11.8 Å². The molecule has 124 valence electrons. The van der Waals surface area contributed by atoms with Crippen molar-refractivity contribution in [3.8, 4) is 0 Å². The molecular formula is C18H15F2NO2S. The van der Waals surface area contributed by atoms with Gasteiger partial charge in [0.1, 0.15) is 0 Å². The molecule has 0 spiro atoms. The van der Waals surface area contributed by atoms with Gasteiger partial charge in [-0.05, 0) is 30.0 Å². The second kappa shape index (κ2) is 6.03. The molecule has 1 aliphatic heterocycles. The van der Waals surface area contributed by atoms with Crippen molar-refractivity contribution in [2.24, 2.45) is 0 Å². The molecule has 0 saturated heterocycles. The van der Waals surface area contributed by atoms with Crippen molar-refractivity contribution in [2.75, 3.05) is 6.54 Å². The van der Waals surface area contributed by atoms with E-state index in [0.29, 0.717) is 4.90 Å². The average Bonchev–Trinajstić information content (AvgIpc) is 2.80. The maximum absolute atomic E-state index is 15.1. The standard InChI is InChI=1S/C18H15F2NO2S/c1-2-12-21-16(22)14-10-6-7-11-15(14)17(21,23)18(19,20)24-13-8-4-3-5-9-13/h2-11,23H,1,12H2. The first-order chi connectivity index (χ1) is 11.4. The Labute approximate surface area is 142 Å². The van der Waals surface area contributed by atoms with Crippen LogP contribution in [0.1, 0.15) is 15.9 Å². The molecule has 1 N–H and O–H groups in total. The summed E-state index contributed by atoms with van der Waals surface area (Å²) < 4.78 is 30.2. The highest BCUT2D eigenvalue weighted by Crippen LogP contribution is 2.54. The number of alkyl halides is 2. The molecule has 1 atom stereocenters. The molecule has 1 amide bonds. The van der Waals surface area contributed by atoms with Gasteiger partial charge in [-0.25, -0.2) is 0 Å². The van der Waals surface area contributed by atoms with E-state index in [1.165, 1.54) is 36.4 Å². The second-order valence-corrected chi connectivity index (χ2v) is 6.54. The Morgan fingerprint density at radius 1 is 1.17 bits per heavy atom. The fraction of sp³-hybridized carbons (Fsp3) is 0.167. The molecule has 2 aromatic carbocycles. The van der Waals surface area contributed by atoms with Gasteiger partial charge in [-0.2, -0.15) is 8.78 Å². The smallest absolute Gasteiger partial charge is 0.349 e. The molecule has 1 heterocycles. The van der Waals surface area contributed by atoms with Crippen molar-refractivity contribution in [1.82, 2.24) is 4.90 Å². The van der Waals surface area contributed by atoms with E-state index in [1.54, 1.807) is 24.3 Å². The van der Waals surface area contributed by atoms with Gasteiger partial charge in [0.2, 0.25) is 5.72 Å². The molecule has 0 radical (unpaired) electrons. The lowest BCUT2D eigenvalue weighted by Crippen LogP contribution is -2.54. The fourth-order valence-electron chi connectivity index (χ4n) is 2.78. The lowest BCUT2D eigenvalue weighted by Gasteiger charge is -2.39. The highest BCUT2D eigenvalue weighted by Gasteiger charge is 2.64. The topological polar surface area (TPSA) is 40.5 Å². The van der Waals surface area contributed by atoms with Crippen molar-refractivity contribution in [3.63, 3.8) is 0 Å². The Bertz CT molecular complexity index is 782. The monoisotopic (exact) mass is 347 g/mol. The molecule has 24 heavy (non-hydrogen) atoms. The first-order valence-electron chi connectivity index (χ1n) is 7.28. The maximum Gasteiger partial charge on any atom is 0.349 e. The van der Waals surface area contributed by atoms with Crippen molar-refractivity contribution in [3.05, 3.63) is 78.4 Å². The van der Waals surface area contributed by atoms with Crippen LogP contribution in [0.4, 0.5) is 8.78 Å². The van der Waals surface area contributed by atoms with Gasteiger partial charge in [-0.1, -0.05) is 42.5 Å². The van der Waals surface area contributed by atoms with Crippen molar-refractivity contribution < 1.29 is 18.7 Å². The largest absolute Gasteiger partial charge is 0.361 e. The van der Waals surface area contributed by atoms with Crippen LogP contribution < -0.4 is 0 Å². The molecule has 2 aromatic rings. The van der Waals surface area contributed by atoms with E-state index in [4.69, 9.17) is 0 Å². The second-order valence-electron chi connectivity index (χ2n) is 5.35. The van der Waals surface area contributed by atoms with Crippen LogP contribution in [0.3, 0.4) is 0 Å². The Morgan fingerprint density at radius 2 is 1.79 bits per heavy atom. The Morgan fingerprint density at radius 3 is 2.46 bits per heavy atom. The van der Waals surface area contributed by atoms with Crippen LogP contribution in [0.2, 0.25) is 0 Å². The number of nitrogens with zero attached hydrogens (tertiary/aromatic N) is 1. The number of halogens is 2. The summed E-state index contributed by atoms with van der Waals surface area (Å²) in [6.07, 6.45) is 1.32. The van der Waals surface area contributed by atoms with Crippen molar-refractivity contribution in [2.45, 2.75) is 15.9 Å². The van der Waals surface area contributed by atoms with Crippen LogP contribution in [-0.4, -0.2) is 27.7 Å². The Hall–Kier alpha value is -2.18. The third kappa shape index (κ3) is 2.42. The highest BCUT2D eigenvalue weighted by molar-refractivity contribution is 8.00. The molecule has 0 fully saturated rings. The average molecular weight is 347 g/mol. The van der Waals surface area contributed by atoms with Crippen LogP contribution in [0.15, 0.2) is 72.1 Å². The number of hydrogen-bond acceptors (Lipinski definition) is 3. The zero-order chi connectivity index (χ0) is 17.4. The maximum atomic E-state index is 15.1. The summed E-state index contributed by atoms with van der Waals surface area (Å²) in [5.74, 6) is -0.638. The van der Waals surface area contributed by atoms with Crippen molar-refractivity contribution >= 4 is 17.7 Å². The Balaban J connectivity index is 2.10. The van der Waals surface area contributed by atoms with Gasteiger partial charge in [0, 0.05) is 22.6 Å². The molecule has 1 aliphatic rings. The summed E-state index contributed by atoms with van der Waals surface area (Å²) >= 11 is 0.226. The summed E-state index contributed by atoms with van der Waals surface area (Å²) in [5.41, 5.74) is -2.75. The van der Waals surface area contributed by atoms with Gasteiger partial charge in [0.15, 0.2) is 0 Å². The molecule has 0 bridgehead atoms. The zero-order valence-corrected chi connectivity index (χ0v) is 13.5. The quantitative estimate of drug-likeness (QED) is 0.660. The predicted molar refractivity (Wildman–Crippen MR) is 88.8 cm³/mol. The number of rotatable bonds is 5.